The largest absolute Gasteiger partial charge is 0.400 e. The van der Waals surface area contributed by atoms with E-state index in [-0.39, 0.29) is 6.47 Å². The molecule has 0 bridgehead atoms. The first kappa shape index (κ1) is 14.8. The molecule has 0 aliphatic rings. The minimum Gasteiger partial charge on any atom is -0.400 e. The number of carbonyl (C=O) groups excluding carboxylic acids is 2. The van der Waals surface area contributed by atoms with E-state index in [1.54, 1.807) is 0 Å². The van der Waals surface area contributed by atoms with Gasteiger partial charge in [0.25, 0.3) is 6.47 Å². The fourth-order valence-electron chi connectivity index (χ4n) is 0.852. The van der Waals surface area contributed by atoms with Gasteiger partial charge in [0, 0.05) is 20.3 Å². The van der Waals surface area contributed by atoms with Crippen molar-refractivity contribution in [1.82, 2.24) is 0 Å². The Balaban J connectivity index is 4.22. The number of rotatable bonds is 7. The van der Waals surface area contributed by atoms with Gasteiger partial charge in [-0.15, -0.1) is 0 Å². The highest BCUT2D eigenvalue weighted by Gasteiger charge is 2.32. The smallest absolute Gasteiger partial charge is 0.372 e. The molecule has 0 saturated heterocycles. The fraction of sp³-hybridized carbons (Fsp3) is 0.778. The number of halogens is 2. The summed E-state index contributed by atoms with van der Waals surface area (Å²) in [6.45, 7) is 2.52. The van der Waals surface area contributed by atoms with Crippen molar-refractivity contribution < 1.29 is 32.6 Å². The Bertz CT molecular complexity index is 251. The molecule has 0 spiro atoms. The van der Waals surface area contributed by atoms with Gasteiger partial charge in [0.1, 0.15) is 0 Å². The van der Waals surface area contributed by atoms with Crippen LogP contribution < -0.4 is 0 Å². The Morgan fingerprint density at radius 1 is 1.38 bits per heavy atom. The molecule has 16 heavy (non-hydrogen) atoms. The molecule has 0 heterocycles. The average Bonchev–Trinajstić information content (AvgIpc) is 1.99. The molecule has 0 aromatic carbocycles. The molecule has 0 N–H and O–H groups in total. The maximum atomic E-state index is 12.4. The fourth-order valence-corrected chi connectivity index (χ4v) is 0.852. The molecular weight excluding hydrogens is 226 g/mol. The zero-order chi connectivity index (χ0) is 12.8. The van der Waals surface area contributed by atoms with Gasteiger partial charge in [-0.3, -0.25) is 9.59 Å². The SMILES string of the molecule is CC(=O)OC(C)(OC=O)OCCC(C)(F)F. The van der Waals surface area contributed by atoms with Crippen LogP contribution in [0.3, 0.4) is 0 Å². The molecule has 0 aliphatic heterocycles. The van der Waals surface area contributed by atoms with Crippen LogP contribution in [0.15, 0.2) is 0 Å². The number of hydrogen-bond donors (Lipinski definition) is 0. The van der Waals surface area contributed by atoms with E-state index in [9.17, 15) is 18.4 Å². The highest BCUT2D eigenvalue weighted by molar-refractivity contribution is 5.66. The highest BCUT2D eigenvalue weighted by Crippen LogP contribution is 2.20. The van der Waals surface area contributed by atoms with E-state index in [2.05, 4.69) is 9.47 Å². The van der Waals surface area contributed by atoms with Gasteiger partial charge in [0.2, 0.25) is 5.92 Å². The lowest BCUT2D eigenvalue weighted by molar-refractivity contribution is -0.331. The maximum absolute atomic E-state index is 12.4. The van der Waals surface area contributed by atoms with Crippen molar-refractivity contribution in [2.24, 2.45) is 0 Å². The Kier molecular flexibility index (Phi) is 5.29. The first-order chi connectivity index (χ1) is 7.18. The second-order valence-electron chi connectivity index (χ2n) is 3.34. The quantitative estimate of drug-likeness (QED) is 0.383. The summed E-state index contributed by atoms with van der Waals surface area (Å²) in [5.41, 5.74) is 0. The van der Waals surface area contributed by atoms with Gasteiger partial charge in [-0.05, 0) is 6.92 Å². The summed E-state index contributed by atoms with van der Waals surface area (Å²) >= 11 is 0. The molecule has 0 aromatic rings. The Labute approximate surface area is 91.7 Å². The predicted octanol–water partition coefficient (Wildman–Crippen LogP) is 1.46. The summed E-state index contributed by atoms with van der Waals surface area (Å²) < 4.78 is 38.6. The van der Waals surface area contributed by atoms with Gasteiger partial charge in [0.15, 0.2) is 0 Å². The molecule has 1 unspecified atom stereocenters. The lowest BCUT2D eigenvalue weighted by Gasteiger charge is -2.26. The monoisotopic (exact) mass is 240 g/mol. The van der Waals surface area contributed by atoms with Crippen LogP contribution in [0.2, 0.25) is 0 Å². The van der Waals surface area contributed by atoms with Crippen LogP contribution in [-0.4, -0.2) is 30.9 Å². The molecule has 94 valence electrons. The Morgan fingerprint density at radius 2 is 1.94 bits per heavy atom. The normalized spacial score (nSPS) is 15.1. The summed E-state index contributed by atoms with van der Waals surface area (Å²) in [6.07, 6.45) is -0.577. The third-order valence-corrected chi connectivity index (χ3v) is 1.50. The zero-order valence-corrected chi connectivity index (χ0v) is 9.29. The van der Waals surface area contributed by atoms with E-state index in [1.807, 2.05) is 0 Å². The van der Waals surface area contributed by atoms with Crippen LogP contribution in [0.5, 0.6) is 0 Å². The van der Waals surface area contributed by atoms with Crippen LogP contribution in [0.25, 0.3) is 0 Å². The van der Waals surface area contributed by atoms with Crippen molar-refractivity contribution in [2.45, 2.75) is 39.1 Å². The van der Waals surface area contributed by atoms with E-state index in [0.717, 1.165) is 20.8 Å². The molecule has 0 saturated carbocycles. The van der Waals surface area contributed by atoms with Crippen LogP contribution >= 0.6 is 0 Å². The number of carbonyl (C=O) groups is 2. The molecular formula is C9H14F2O5. The molecule has 5 nitrogen and oxygen atoms in total. The molecule has 0 radical (unpaired) electrons. The van der Waals surface area contributed by atoms with Gasteiger partial charge >= 0.3 is 11.9 Å². The van der Waals surface area contributed by atoms with Gasteiger partial charge in [-0.25, -0.2) is 8.78 Å². The van der Waals surface area contributed by atoms with E-state index in [4.69, 9.17) is 4.74 Å². The first-order valence-electron chi connectivity index (χ1n) is 4.51. The van der Waals surface area contributed by atoms with Crippen molar-refractivity contribution in [3.8, 4) is 0 Å². The Morgan fingerprint density at radius 3 is 2.31 bits per heavy atom. The van der Waals surface area contributed by atoms with Crippen molar-refractivity contribution in [1.29, 1.82) is 0 Å². The number of hydrogen-bond acceptors (Lipinski definition) is 5. The second-order valence-corrected chi connectivity index (χ2v) is 3.34. The molecule has 0 rings (SSSR count). The van der Waals surface area contributed by atoms with Gasteiger partial charge in [0.05, 0.1) is 6.61 Å². The molecule has 0 aromatic heterocycles. The summed E-state index contributed by atoms with van der Waals surface area (Å²) in [5, 5.41) is 0. The van der Waals surface area contributed by atoms with E-state index in [1.165, 1.54) is 0 Å². The Hall–Kier alpha value is -1.24. The van der Waals surface area contributed by atoms with Crippen LogP contribution in [0.1, 0.15) is 27.2 Å². The van der Waals surface area contributed by atoms with Crippen molar-refractivity contribution in [3.63, 3.8) is 0 Å². The predicted molar refractivity (Wildman–Crippen MR) is 48.5 cm³/mol. The molecule has 0 aliphatic carbocycles. The van der Waals surface area contributed by atoms with Crippen LogP contribution in [-0.2, 0) is 23.8 Å². The van der Waals surface area contributed by atoms with Crippen molar-refractivity contribution in [2.75, 3.05) is 6.61 Å². The average molecular weight is 240 g/mol. The number of esters is 1. The molecule has 0 fully saturated rings. The maximum Gasteiger partial charge on any atom is 0.372 e. The van der Waals surface area contributed by atoms with E-state index in [0.29, 0.717) is 0 Å². The highest BCUT2D eigenvalue weighted by atomic mass is 19.3. The minimum atomic E-state index is -2.90. The molecule has 0 amide bonds. The lowest BCUT2D eigenvalue weighted by Crippen LogP contribution is -2.38. The summed E-state index contributed by atoms with van der Waals surface area (Å²) in [4.78, 5) is 20.8. The van der Waals surface area contributed by atoms with Crippen LogP contribution in [0.4, 0.5) is 8.78 Å². The molecule has 1 atom stereocenters. The minimum absolute atomic E-state index is 0.00697. The first-order valence-corrected chi connectivity index (χ1v) is 4.51. The number of alkyl halides is 2. The third kappa shape index (κ3) is 7.10. The molecule has 7 heteroatoms. The summed E-state index contributed by atoms with van der Waals surface area (Å²) in [6, 6.07) is 0. The van der Waals surface area contributed by atoms with Crippen molar-refractivity contribution in [3.05, 3.63) is 0 Å². The zero-order valence-electron chi connectivity index (χ0n) is 9.29. The van der Waals surface area contributed by atoms with Crippen LogP contribution in [0, 0.1) is 0 Å². The third-order valence-electron chi connectivity index (χ3n) is 1.50. The number of ether oxygens (including phenoxy) is 3. The van der Waals surface area contributed by atoms with Crippen molar-refractivity contribution >= 4 is 12.4 Å². The van der Waals surface area contributed by atoms with Gasteiger partial charge in [-0.2, -0.15) is 0 Å². The summed E-state index contributed by atoms with van der Waals surface area (Å²) in [7, 11) is 0. The van der Waals surface area contributed by atoms with E-state index >= 15 is 0 Å². The second kappa shape index (κ2) is 5.74. The topological polar surface area (TPSA) is 61.8 Å². The summed E-state index contributed by atoms with van der Waals surface area (Å²) in [5.74, 6) is -5.62. The van der Waals surface area contributed by atoms with E-state index < -0.39 is 30.9 Å². The lowest BCUT2D eigenvalue weighted by atomic mass is 10.3. The van der Waals surface area contributed by atoms with Gasteiger partial charge in [-0.1, -0.05) is 0 Å². The standard InChI is InChI=1S/C9H14F2O5/c1-7(13)16-9(3,15-6-12)14-5-4-8(2,10)11/h6H,4-5H2,1-3H3. The van der Waals surface area contributed by atoms with Gasteiger partial charge < -0.3 is 14.2 Å².